The number of hydrogen-bond acceptors (Lipinski definition) is 2. The molecule has 0 heterocycles. The minimum atomic E-state index is -4.58. The van der Waals surface area contributed by atoms with E-state index < -0.39 is 29.2 Å². The molecule has 2 unspecified atom stereocenters. The lowest BCUT2D eigenvalue weighted by Gasteiger charge is -2.13. The highest BCUT2D eigenvalue weighted by Crippen LogP contribution is 2.32. The minimum absolute atomic E-state index is 0. The summed E-state index contributed by atoms with van der Waals surface area (Å²) in [5.74, 6) is -1.76. The monoisotopic (exact) mass is 326 g/mol. The van der Waals surface area contributed by atoms with Crippen molar-refractivity contribution in [3.8, 4) is 0 Å². The van der Waals surface area contributed by atoms with Crippen LogP contribution in [0.25, 0.3) is 0 Å². The molecule has 2 rings (SSSR count). The predicted octanol–water partition coefficient (Wildman–Crippen LogP) is 3.33. The van der Waals surface area contributed by atoms with Gasteiger partial charge in [0.2, 0.25) is 5.91 Å². The third-order valence-electron chi connectivity index (χ3n) is 3.40. The summed E-state index contributed by atoms with van der Waals surface area (Å²) in [5, 5.41) is 2.22. The molecule has 0 spiro atoms. The fourth-order valence-corrected chi connectivity index (χ4v) is 2.29. The zero-order valence-corrected chi connectivity index (χ0v) is 11.7. The molecule has 3 nitrogen and oxygen atoms in total. The van der Waals surface area contributed by atoms with Crippen LogP contribution in [0.5, 0.6) is 0 Å². The third kappa shape index (κ3) is 4.31. The van der Waals surface area contributed by atoms with Crippen LogP contribution in [0.15, 0.2) is 18.2 Å². The van der Waals surface area contributed by atoms with E-state index in [2.05, 4.69) is 5.32 Å². The number of carbonyl (C=O) groups excluding carboxylic acids is 1. The Hall–Kier alpha value is -1.34. The Morgan fingerprint density at radius 1 is 1.29 bits per heavy atom. The summed E-state index contributed by atoms with van der Waals surface area (Å²) in [5.41, 5.74) is 4.21. The molecule has 1 aliphatic rings. The summed E-state index contributed by atoms with van der Waals surface area (Å²) in [6.07, 6.45) is -2.87. The summed E-state index contributed by atoms with van der Waals surface area (Å²) < 4.78 is 51.1. The van der Waals surface area contributed by atoms with Crippen molar-refractivity contribution in [1.82, 2.24) is 0 Å². The number of amides is 1. The van der Waals surface area contributed by atoms with E-state index in [-0.39, 0.29) is 24.4 Å². The van der Waals surface area contributed by atoms with Gasteiger partial charge in [-0.25, -0.2) is 4.39 Å². The molecule has 0 radical (unpaired) electrons. The molecule has 1 saturated carbocycles. The lowest BCUT2D eigenvalue weighted by atomic mass is 10.1. The predicted molar refractivity (Wildman–Crippen MR) is 72.6 cm³/mol. The number of benzene rings is 1. The lowest BCUT2D eigenvalue weighted by molar-refractivity contribution is -0.137. The Kier molecular flexibility index (Phi) is 5.58. The van der Waals surface area contributed by atoms with E-state index in [0.29, 0.717) is 37.5 Å². The van der Waals surface area contributed by atoms with Crippen LogP contribution in [0.4, 0.5) is 23.2 Å². The Balaban J connectivity index is 0.00000220. The molecule has 0 bridgehead atoms. The van der Waals surface area contributed by atoms with Crippen LogP contribution in [0.1, 0.15) is 24.8 Å². The van der Waals surface area contributed by atoms with Crippen molar-refractivity contribution in [2.24, 2.45) is 11.7 Å². The summed E-state index contributed by atoms with van der Waals surface area (Å²) in [4.78, 5) is 11.9. The number of anilines is 1. The van der Waals surface area contributed by atoms with Crippen molar-refractivity contribution in [2.75, 3.05) is 5.32 Å². The highest BCUT2D eigenvalue weighted by molar-refractivity contribution is 5.93. The van der Waals surface area contributed by atoms with Gasteiger partial charge in [-0.2, -0.15) is 13.2 Å². The van der Waals surface area contributed by atoms with E-state index in [9.17, 15) is 22.4 Å². The summed E-state index contributed by atoms with van der Waals surface area (Å²) in [7, 11) is 0. The van der Waals surface area contributed by atoms with E-state index in [1.807, 2.05) is 0 Å². The van der Waals surface area contributed by atoms with Crippen LogP contribution in [0.2, 0.25) is 0 Å². The Bertz CT molecular complexity index is 521. The zero-order valence-electron chi connectivity index (χ0n) is 10.9. The van der Waals surface area contributed by atoms with E-state index in [1.165, 1.54) is 0 Å². The lowest BCUT2D eigenvalue weighted by Crippen LogP contribution is -2.23. The van der Waals surface area contributed by atoms with Gasteiger partial charge in [-0.05, 0) is 37.5 Å². The number of halogens is 5. The maximum atomic E-state index is 13.5. The summed E-state index contributed by atoms with van der Waals surface area (Å²) in [6, 6.07) is 1.84. The topological polar surface area (TPSA) is 55.1 Å². The van der Waals surface area contributed by atoms with Crippen molar-refractivity contribution in [1.29, 1.82) is 0 Å². The molecule has 0 aliphatic heterocycles. The van der Waals surface area contributed by atoms with Crippen LogP contribution in [0.3, 0.4) is 0 Å². The fourth-order valence-electron chi connectivity index (χ4n) is 2.29. The average molecular weight is 327 g/mol. The number of hydrogen-bond donors (Lipinski definition) is 2. The molecule has 0 saturated heterocycles. The fraction of sp³-hybridized carbons (Fsp3) is 0.462. The van der Waals surface area contributed by atoms with E-state index in [1.54, 1.807) is 0 Å². The molecule has 0 aromatic heterocycles. The highest BCUT2D eigenvalue weighted by atomic mass is 35.5. The van der Waals surface area contributed by atoms with E-state index >= 15 is 0 Å². The Labute approximate surface area is 125 Å². The third-order valence-corrected chi connectivity index (χ3v) is 3.40. The molecule has 1 aromatic rings. The molecule has 1 amide bonds. The molecule has 1 aromatic carbocycles. The van der Waals surface area contributed by atoms with Gasteiger partial charge in [0.25, 0.3) is 0 Å². The van der Waals surface area contributed by atoms with Gasteiger partial charge in [-0.1, -0.05) is 0 Å². The van der Waals surface area contributed by atoms with Gasteiger partial charge in [-0.15, -0.1) is 12.4 Å². The van der Waals surface area contributed by atoms with Crippen LogP contribution >= 0.6 is 12.4 Å². The molecule has 21 heavy (non-hydrogen) atoms. The number of nitrogens with two attached hydrogens (primary N) is 1. The quantitative estimate of drug-likeness (QED) is 0.819. The van der Waals surface area contributed by atoms with Crippen molar-refractivity contribution in [3.05, 3.63) is 29.6 Å². The van der Waals surface area contributed by atoms with Gasteiger partial charge < -0.3 is 11.1 Å². The van der Waals surface area contributed by atoms with Crippen LogP contribution in [0, 0.1) is 11.7 Å². The van der Waals surface area contributed by atoms with Crippen molar-refractivity contribution in [3.63, 3.8) is 0 Å². The van der Waals surface area contributed by atoms with Gasteiger partial charge in [0, 0.05) is 12.0 Å². The molecule has 2 atom stereocenters. The van der Waals surface area contributed by atoms with Gasteiger partial charge in [0.05, 0.1) is 11.3 Å². The van der Waals surface area contributed by atoms with Crippen molar-refractivity contribution < 1.29 is 22.4 Å². The molecule has 3 N–H and O–H groups in total. The van der Waals surface area contributed by atoms with E-state index in [0.717, 1.165) is 0 Å². The van der Waals surface area contributed by atoms with Crippen LogP contribution in [-0.4, -0.2) is 11.9 Å². The zero-order chi connectivity index (χ0) is 14.9. The normalized spacial score (nSPS) is 21.8. The first-order valence-electron chi connectivity index (χ1n) is 6.20. The first kappa shape index (κ1) is 17.7. The molecular weight excluding hydrogens is 312 g/mol. The number of carbonyl (C=O) groups is 1. The van der Waals surface area contributed by atoms with Crippen LogP contribution < -0.4 is 11.1 Å². The van der Waals surface area contributed by atoms with Crippen molar-refractivity contribution in [2.45, 2.75) is 31.5 Å². The maximum absolute atomic E-state index is 13.5. The van der Waals surface area contributed by atoms with Crippen LogP contribution in [-0.2, 0) is 11.0 Å². The smallest absolute Gasteiger partial charge is 0.328 e. The maximum Gasteiger partial charge on any atom is 0.416 e. The molecule has 8 heteroatoms. The Morgan fingerprint density at radius 2 is 1.95 bits per heavy atom. The highest BCUT2D eigenvalue weighted by Gasteiger charge is 2.32. The second kappa shape index (κ2) is 6.62. The molecule has 1 aliphatic carbocycles. The van der Waals surface area contributed by atoms with Crippen molar-refractivity contribution >= 4 is 24.0 Å². The number of rotatable bonds is 2. The average Bonchev–Trinajstić information content (AvgIpc) is 2.77. The second-order valence-electron chi connectivity index (χ2n) is 4.95. The summed E-state index contributed by atoms with van der Waals surface area (Å²) in [6.45, 7) is 0. The molecule has 1 fully saturated rings. The largest absolute Gasteiger partial charge is 0.416 e. The number of alkyl halides is 3. The standard InChI is InChI=1S/C13H14F4N2O.ClH/c14-10-4-2-8(13(15,16)17)6-11(10)19-12(20)7-1-3-9(18)5-7;/h2,4,6-7,9H,1,3,5,18H2,(H,19,20);1H. The first-order chi connectivity index (χ1) is 9.27. The first-order valence-corrected chi connectivity index (χ1v) is 6.20. The summed E-state index contributed by atoms with van der Waals surface area (Å²) >= 11 is 0. The SMILES string of the molecule is Cl.NC1CCC(C(=O)Nc2cc(C(F)(F)F)ccc2F)C1. The van der Waals surface area contributed by atoms with E-state index in [4.69, 9.17) is 5.73 Å². The van der Waals surface area contributed by atoms with Gasteiger partial charge >= 0.3 is 6.18 Å². The van der Waals surface area contributed by atoms with Gasteiger partial charge in [0.1, 0.15) is 5.82 Å². The molecule has 118 valence electrons. The van der Waals surface area contributed by atoms with Gasteiger partial charge in [0.15, 0.2) is 0 Å². The minimum Gasteiger partial charge on any atom is -0.328 e. The number of nitrogens with one attached hydrogen (secondary N) is 1. The van der Waals surface area contributed by atoms with Gasteiger partial charge in [-0.3, -0.25) is 4.79 Å². The second-order valence-corrected chi connectivity index (χ2v) is 4.95. The molecular formula is C13H15ClF4N2O. The Morgan fingerprint density at radius 3 is 2.48 bits per heavy atom.